The number of hydrogen-bond donors (Lipinski definition) is 1. The largest absolute Gasteiger partial charge is 0.480 e. The molecular weight excluding hydrogens is 158 g/mol. The highest BCUT2D eigenvalue weighted by molar-refractivity contribution is 5.83. The molecule has 0 aromatic heterocycles. The van der Waals surface area contributed by atoms with Crippen LogP contribution in [0.15, 0.2) is 0 Å². The van der Waals surface area contributed by atoms with E-state index in [9.17, 15) is 9.59 Å². The fourth-order valence-corrected chi connectivity index (χ4v) is 1.68. The Morgan fingerprint density at radius 1 is 1.50 bits per heavy atom. The molecule has 0 spiro atoms. The lowest BCUT2D eigenvalue weighted by Crippen LogP contribution is -2.41. The Bertz CT molecular complexity index is 214. The number of rotatable bonds is 1. The van der Waals surface area contributed by atoms with Crippen LogP contribution in [-0.4, -0.2) is 34.5 Å². The fraction of sp³-hybridized carbons (Fsp3) is 0.750. The molecule has 1 saturated heterocycles. The zero-order valence-electron chi connectivity index (χ0n) is 7.28. The second kappa shape index (κ2) is 3.13. The number of nitrogens with zero attached hydrogens (tertiary/aromatic N) is 1. The Balaban J connectivity index is 2.77. The summed E-state index contributed by atoms with van der Waals surface area (Å²) in [7, 11) is 0. The van der Waals surface area contributed by atoms with Crippen LogP contribution in [-0.2, 0) is 9.59 Å². The van der Waals surface area contributed by atoms with Gasteiger partial charge in [0.2, 0.25) is 5.91 Å². The molecule has 68 valence electrons. The van der Waals surface area contributed by atoms with Crippen molar-refractivity contribution in [3.63, 3.8) is 0 Å². The average molecular weight is 171 g/mol. The summed E-state index contributed by atoms with van der Waals surface area (Å²) in [5.74, 6) is -0.964. The topological polar surface area (TPSA) is 57.6 Å². The highest BCUT2D eigenvalue weighted by Crippen LogP contribution is 2.23. The first-order valence-corrected chi connectivity index (χ1v) is 4.04. The Morgan fingerprint density at radius 2 is 2.08 bits per heavy atom. The smallest absolute Gasteiger partial charge is 0.326 e. The Labute approximate surface area is 71.2 Å². The maximum absolute atomic E-state index is 11.0. The lowest BCUT2D eigenvalue weighted by atomic mass is 10.0. The molecule has 1 aliphatic heterocycles. The van der Waals surface area contributed by atoms with Crippen LogP contribution in [0.3, 0.4) is 0 Å². The normalized spacial score (nSPS) is 29.0. The first-order chi connectivity index (χ1) is 5.54. The second-order valence-electron chi connectivity index (χ2n) is 3.26. The number of carbonyl (C=O) groups excluding carboxylic acids is 1. The van der Waals surface area contributed by atoms with E-state index in [4.69, 9.17) is 5.11 Å². The van der Waals surface area contributed by atoms with E-state index in [0.29, 0.717) is 6.54 Å². The number of carboxylic acids is 1. The van der Waals surface area contributed by atoms with Gasteiger partial charge in [-0.3, -0.25) is 4.79 Å². The van der Waals surface area contributed by atoms with Crippen LogP contribution in [0.2, 0.25) is 0 Å². The zero-order valence-corrected chi connectivity index (χ0v) is 7.28. The standard InChI is InChI=1S/C8H13NO3/c1-5-3-4-9(6(2)10)7(5)8(11)12/h5,7H,3-4H2,1-2H3,(H,11,12). The van der Waals surface area contributed by atoms with Crippen molar-refractivity contribution >= 4 is 11.9 Å². The summed E-state index contributed by atoms with van der Waals surface area (Å²) in [5, 5.41) is 8.81. The van der Waals surface area contributed by atoms with E-state index in [2.05, 4.69) is 0 Å². The third kappa shape index (κ3) is 1.42. The van der Waals surface area contributed by atoms with Crippen molar-refractivity contribution < 1.29 is 14.7 Å². The van der Waals surface area contributed by atoms with Gasteiger partial charge in [0.1, 0.15) is 6.04 Å². The quantitative estimate of drug-likeness (QED) is 0.618. The van der Waals surface area contributed by atoms with Crippen molar-refractivity contribution in [2.75, 3.05) is 6.54 Å². The summed E-state index contributed by atoms with van der Waals surface area (Å²) in [5.41, 5.74) is 0. The van der Waals surface area contributed by atoms with Crippen molar-refractivity contribution in [2.24, 2.45) is 5.92 Å². The number of amides is 1. The number of carboxylic acid groups (broad SMARTS) is 1. The molecule has 1 aliphatic rings. The molecule has 0 aliphatic carbocycles. The van der Waals surface area contributed by atoms with E-state index in [1.54, 1.807) is 0 Å². The summed E-state index contributed by atoms with van der Waals surface area (Å²) in [4.78, 5) is 23.1. The minimum absolute atomic E-state index is 0.0754. The summed E-state index contributed by atoms with van der Waals surface area (Å²) in [6, 6.07) is -0.609. The molecule has 0 aromatic rings. The molecule has 1 rings (SSSR count). The molecule has 0 radical (unpaired) electrons. The number of carbonyl (C=O) groups is 2. The Kier molecular flexibility index (Phi) is 2.35. The summed E-state index contributed by atoms with van der Waals surface area (Å²) >= 11 is 0. The summed E-state index contributed by atoms with van der Waals surface area (Å²) < 4.78 is 0. The monoisotopic (exact) mass is 171 g/mol. The number of hydrogen-bond acceptors (Lipinski definition) is 2. The van der Waals surface area contributed by atoms with Crippen molar-refractivity contribution in [1.29, 1.82) is 0 Å². The molecule has 12 heavy (non-hydrogen) atoms. The van der Waals surface area contributed by atoms with E-state index in [0.717, 1.165) is 6.42 Å². The molecule has 2 unspecified atom stereocenters. The highest BCUT2D eigenvalue weighted by Gasteiger charge is 2.37. The van der Waals surface area contributed by atoms with E-state index < -0.39 is 12.0 Å². The maximum Gasteiger partial charge on any atom is 0.326 e. The molecule has 0 saturated carbocycles. The van der Waals surface area contributed by atoms with Crippen molar-refractivity contribution in [2.45, 2.75) is 26.3 Å². The molecule has 1 heterocycles. The molecule has 2 atom stereocenters. The van der Waals surface area contributed by atoms with E-state index in [-0.39, 0.29) is 11.8 Å². The number of likely N-dealkylation sites (tertiary alicyclic amines) is 1. The van der Waals surface area contributed by atoms with Gasteiger partial charge >= 0.3 is 5.97 Å². The first kappa shape index (κ1) is 9.03. The van der Waals surface area contributed by atoms with Gasteiger partial charge in [0, 0.05) is 13.5 Å². The molecule has 4 nitrogen and oxygen atoms in total. The molecule has 1 fully saturated rings. The van der Waals surface area contributed by atoms with Crippen LogP contribution in [0.25, 0.3) is 0 Å². The summed E-state index contributed by atoms with van der Waals surface area (Å²) in [6.07, 6.45) is 0.788. The minimum Gasteiger partial charge on any atom is -0.480 e. The van der Waals surface area contributed by atoms with Gasteiger partial charge in [-0.25, -0.2) is 4.79 Å². The lowest BCUT2D eigenvalue weighted by Gasteiger charge is -2.21. The maximum atomic E-state index is 11.0. The van der Waals surface area contributed by atoms with Gasteiger partial charge < -0.3 is 10.0 Å². The molecule has 0 bridgehead atoms. The fourth-order valence-electron chi connectivity index (χ4n) is 1.68. The molecule has 1 N–H and O–H groups in total. The van der Waals surface area contributed by atoms with Crippen LogP contribution in [0.4, 0.5) is 0 Å². The van der Waals surface area contributed by atoms with Crippen LogP contribution in [0, 0.1) is 5.92 Å². The van der Waals surface area contributed by atoms with Crippen LogP contribution in [0.5, 0.6) is 0 Å². The first-order valence-electron chi connectivity index (χ1n) is 4.04. The van der Waals surface area contributed by atoms with Gasteiger partial charge in [0.15, 0.2) is 0 Å². The average Bonchev–Trinajstić information content (AvgIpc) is 2.30. The summed E-state index contributed by atoms with van der Waals surface area (Å²) in [6.45, 7) is 3.85. The van der Waals surface area contributed by atoms with Crippen molar-refractivity contribution in [3.05, 3.63) is 0 Å². The van der Waals surface area contributed by atoms with Crippen LogP contribution < -0.4 is 0 Å². The number of aliphatic carboxylic acids is 1. The van der Waals surface area contributed by atoms with Gasteiger partial charge in [0.25, 0.3) is 0 Å². The third-order valence-corrected chi connectivity index (χ3v) is 2.36. The molecule has 4 heteroatoms. The Hall–Kier alpha value is -1.06. The molecule has 1 amide bonds. The van der Waals surface area contributed by atoms with Crippen molar-refractivity contribution in [1.82, 2.24) is 4.90 Å². The van der Waals surface area contributed by atoms with E-state index >= 15 is 0 Å². The predicted octanol–water partition coefficient (Wildman–Crippen LogP) is 0.328. The lowest BCUT2D eigenvalue weighted by molar-refractivity contribution is -0.148. The second-order valence-corrected chi connectivity index (χ2v) is 3.26. The molecular formula is C8H13NO3. The third-order valence-electron chi connectivity index (χ3n) is 2.36. The highest BCUT2D eigenvalue weighted by atomic mass is 16.4. The van der Waals surface area contributed by atoms with Crippen LogP contribution >= 0.6 is 0 Å². The SMILES string of the molecule is CC(=O)N1CCC(C)C1C(=O)O. The van der Waals surface area contributed by atoms with E-state index in [1.807, 2.05) is 6.92 Å². The Morgan fingerprint density at radius 3 is 2.42 bits per heavy atom. The van der Waals surface area contributed by atoms with Crippen molar-refractivity contribution in [3.8, 4) is 0 Å². The van der Waals surface area contributed by atoms with Gasteiger partial charge in [-0.1, -0.05) is 6.92 Å². The van der Waals surface area contributed by atoms with E-state index in [1.165, 1.54) is 11.8 Å². The van der Waals surface area contributed by atoms with Gasteiger partial charge in [-0.05, 0) is 12.3 Å². The minimum atomic E-state index is -0.893. The molecule has 0 aromatic carbocycles. The van der Waals surface area contributed by atoms with Gasteiger partial charge in [-0.15, -0.1) is 0 Å². The van der Waals surface area contributed by atoms with Crippen LogP contribution in [0.1, 0.15) is 20.3 Å². The zero-order chi connectivity index (χ0) is 9.30. The predicted molar refractivity (Wildman–Crippen MR) is 42.6 cm³/mol. The van der Waals surface area contributed by atoms with Gasteiger partial charge in [0.05, 0.1) is 0 Å². The van der Waals surface area contributed by atoms with Gasteiger partial charge in [-0.2, -0.15) is 0 Å².